The summed E-state index contributed by atoms with van der Waals surface area (Å²) in [5.41, 5.74) is 0. The molecule has 0 atom stereocenters. The summed E-state index contributed by atoms with van der Waals surface area (Å²) in [6.45, 7) is 0. The molecule has 1 aliphatic carbocycles. The molecule has 1 heteroatoms. The maximum Gasteiger partial charge on any atom is 0.133 e. The Morgan fingerprint density at radius 3 is 2.78 bits per heavy atom. The molecule has 9 heavy (non-hydrogen) atoms. The van der Waals surface area contributed by atoms with E-state index in [2.05, 4.69) is 12.2 Å². The van der Waals surface area contributed by atoms with E-state index >= 15 is 0 Å². The van der Waals surface area contributed by atoms with Gasteiger partial charge >= 0.3 is 0 Å². The molecule has 0 heterocycles. The van der Waals surface area contributed by atoms with Crippen molar-refractivity contribution >= 4 is 5.78 Å². The molecule has 0 radical (unpaired) electrons. The van der Waals surface area contributed by atoms with E-state index in [4.69, 9.17) is 0 Å². The van der Waals surface area contributed by atoms with Crippen LogP contribution in [0.25, 0.3) is 0 Å². The third-order valence-corrected chi connectivity index (χ3v) is 1.58. The maximum atomic E-state index is 10.8. The van der Waals surface area contributed by atoms with Crippen LogP contribution in [0.2, 0.25) is 0 Å². The number of rotatable bonds is 0. The molecule has 0 amide bonds. The third-order valence-electron chi connectivity index (χ3n) is 1.58. The Hall–Kier alpha value is -0.590. The molecule has 1 rings (SSSR count). The quantitative estimate of drug-likeness (QED) is 0.452. The minimum Gasteiger partial charge on any atom is -0.300 e. The van der Waals surface area contributed by atoms with Crippen LogP contribution in [-0.4, -0.2) is 5.78 Å². The van der Waals surface area contributed by atoms with Gasteiger partial charge in [0.15, 0.2) is 0 Å². The molecule has 0 aromatic rings. The average molecular weight is 124 g/mol. The van der Waals surface area contributed by atoms with Crippen LogP contribution in [0.5, 0.6) is 0 Å². The van der Waals surface area contributed by atoms with Crippen molar-refractivity contribution in [3.63, 3.8) is 0 Å². The lowest BCUT2D eigenvalue weighted by atomic mass is 10.1. The normalized spacial score (nSPS) is 21.1. The Kier molecular flexibility index (Phi) is 2.49. The van der Waals surface area contributed by atoms with Crippen LogP contribution in [0.1, 0.15) is 32.1 Å². The van der Waals surface area contributed by atoms with Crippen LogP contribution in [0, 0.1) is 0 Å². The Labute approximate surface area is 55.8 Å². The monoisotopic (exact) mass is 124 g/mol. The number of carbonyl (C=O) groups is 1. The van der Waals surface area contributed by atoms with E-state index in [-0.39, 0.29) is 0 Å². The topological polar surface area (TPSA) is 17.1 Å². The van der Waals surface area contributed by atoms with Crippen molar-refractivity contribution in [2.24, 2.45) is 0 Å². The fourth-order valence-corrected chi connectivity index (χ4v) is 1.02. The summed E-state index contributed by atoms with van der Waals surface area (Å²) < 4.78 is 0. The van der Waals surface area contributed by atoms with Crippen molar-refractivity contribution in [1.82, 2.24) is 0 Å². The zero-order chi connectivity index (χ0) is 6.53. The second kappa shape index (κ2) is 3.44. The Balaban J connectivity index is 2.35. The predicted octanol–water partition coefficient (Wildman–Crippen LogP) is 2.08. The Morgan fingerprint density at radius 1 is 1.11 bits per heavy atom. The molecule has 0 unspecified atom stereocenters. The van der Waals surface area contributed by atoms with Crippen molar-refractivity contribution in [3.8, 4) is 0 Å². The molecule has 0 aromatic heterocycles. The van der Waals surface area contributed by atoms with Gasteiger partial charge in [-0.25, -0.2) is 0 Å². The Bertz CT molecular complexity index is 125. The van der Waals surface area contributed by atoms with Gasteiger partial charge in [0.1, 0.15) is 5.78 Å². The van der Waals surface area contributed by atoms with E-state index in [1.807, 2.05) is 0 Å². The van der Waals surface area contributed by atoms with Gasteiger partial charge in [-0.05, 0) is 19.3 Å². The molecule has 0 N–H and O–H groups in total. The van der Waals surface area contributed by atoms with E-state index in [0.717, 1.165) is 32.1 Å². The van der Waals surface area contributed by atoms with Crippen LogP contribution in [0.3, 0.4) is 0 Å². The number of hydrogen-bond donors (Lipinski definition) is 0. The van der Waals surface area contributed by atoms with Gasteiger partial charge in [0.25, 0.3) is 0 Å². The van der Waals surface area contributed by atoms with E-state index in [1.54, 1.807) is 0 Å². The van der Waals surface area contributed by atoms with Gasteiger partial charge in [0, 0.05) is 12.8 Å². The summed E-state index contributed by atoms with van der Waals surface area (Å²) in [5, 5.41) is 0. The molecular formula is C8H12O. The van der Waals surface area contributed by atoms with Gasteiger partial charge in [-0.3, -0.25) is 4.79 Å². The minimum absolute atomic E-state index is 0.430. The highest BCUT2D eigenvalue weighted by molar-refractivity contribution is 5.78. The standard InChI is InChI=1S/C8H12O/c9-8-6-4-2-1-3-5-7-8/h1-2H,3-7H2. The largest absolute Gasteiger partial charge is 0.300 e. The van der Waals surface area contributed by atoms with Gasteiger partial charge in [-0.15, -0.1) is 0 Å². The highest BCUT2D eigenvalue weighted by Crippen LogP contribution is 2.07. The third kappa shape index (κ3) is 2.45. The highest BCUT2D eigenvalue weighted by Gasteiger charge is 2.00. The predicted molar refractivity (Wildman–Crippen MR) is 37.2 cm³/mol. The zero-order valence-electron chi connectivity index (χ0n) is 5.60. The van der Waals surface area contributed by atoms with Crippen molar-refractivity contribution in [2.75, 3.05) is 0 Å². The number of hydrogen-bond acceptors (Lipinski definition) is 1. The van der Waals surface area contributed by atoms with Gasteiger partial charge in [0.05, 0.1) is 0 Å². The van der Waals surface area contributed by atoms with Gasteiger partial charge in [0.2, 0.25) is 0 Å². The second-order valence-corrected chi connectivity index (χ2v) is 2.44. The van der Waals surface area contributed by atoms with Crippen molar-refractivity contribution in [2.45, 2.75) is 32.1 Å². The summed E-state index contributed by atoms with van der Waals surface area (Å²) in [4.78, 5) is 10.8. The summed E-state index contributed by atoms with van der Waals surface area (Å²) in [7, 11) is 0. The average Bonchev–Trinajstić information content (AvgIpc) is 1.79. The fourth-order valence-electron chi connectivity index (χ4n) is 1.02. The smallest absolute Gasteiger partial charge is 0.133 e. The van der Waals surface area contributed by atoms with Crippen molar-refractivity contribution in [1.29, 1.82) is 0 Å². The molecule has 0 saturated heterocycles. The lowest BCUT2D eigenvalue weighted by Crippen LogP contribution is -1.97. The van der Waals surface area contributed by atoms with Crippen LogP contribution < -0.4 is 0 Å². The van der Waals surface area contributed by atoms with Crippen LogP contribution >= 0.6 is 0 Å². The molecule has 0 fully saturated rings. The Morgan fingerprint density at radius 2 is 1.89 bits per heavy atom. The molecule has 50 valence electrons. The number of allylic oxidation sites excluding steroid dienone is 2. The first-order chi connectivity index (χ1) is 4.39. The number of Topliss-reactive ketones (excluding diaryl/α,β-unsaturated/α-hetero) is 1. The van der Waals surface area contributed by atoms with E-state index in [1.165, 1.54) is 0 Å². The zero-order valence-corrected chi connectivity index (χ0v) is 5.60. The summed E-state index contributed by atoms with van der Waals surface area (Å²) in [6.07, 6.45) is 8.93. The van der Waals surface area contributed by atoms with Gasteiger partial charge in [-0.2, -0.15) is 0 Å². The molecule has 1 aliphatic rings. The first kappa shape index (κ1) is 6.53. The summed E-state index contributed by atoms with van der Waals surface area (Å²) in [5.74, 6) is 0.430. The van der Waals surface area contributed by atoms with E-state index in [9.17, 15) is 4.79 Å². The van der Waals surface area contributed by atoms with Crippen LogP contribution in [0.4, 0.5) is 0 Å². The first-order valence-electron chi connectivity index (χ1n) is 3.56. The fraction of sp³-hybridized carbons (Fsp3) is 0.625. The van der Waals surface area contributed by atoms with Gasteiger partial charge < -0.3 is 0 Å². The molecule has 1 nitrogen and oxygen atoms in total. The van der Waals surface area contributed by atoms with E-state index in [0.29, 0.717) is 5.78 Å². The SMILES string of the molecule is O=C1CCC=CCCC1. The molecule has 0 aromatic carbocycles. The lowest BCUT2D eigenvalue weighted by Gasteiger charge is -1.99. The molecule has 0 saturated carbocycles. The number of carbonyl (C=O) groups excluding carboxylic acids is 1. The van der Waals surface area contributed by atoms with E-state index < -0.39 is 0 Å². The molecule has 0 spiro atoms. The lowest BCUT2D eigenvalue weighted by molar-refractivity contribution is -0.119. The highest BCUT2D eigenvalue weighted by atomic mass is 16.1. The van der Waals surface area contributed by atoms with Crippen LogP contribution in [0.15, 0.2) is 12.2 Å². The molecule has 0 bridgehead atoms. The van der Waals surface area contributed by atoms with Gasteiger partial charge in [-0.1, -0.05) is 12.2 Å². The molecule has 0 aliphatic heterocycles. The minimum atomic E-state index is 0.430. The van der Waals surface area contributed by atoms with Crippen molar-refractivity contribution < 1.29 is 4.79 Å². The van der Waals surface area contributed by atoms with Crippen LogP contribution in [-0.2, 0) is 4.79 Å². The van der Waals surface area contributed by atoms with Crippen molar-refractivity contribution in [3.05, 3.63) is 12.2 Å². The molecular weight excluding hydrogens is 112 g/mol. The second-order valence-electron chi connectivity index (χ2n) is 2.44. The summed E-state index contributed by atoms with van der Waals surface area (Å²) >= 11 is 0. The number of ketones is 1. The first-order valence-corrected chi connectivity index (χ1v) is 3.56. The summed E-state index contributed by atoms with van der Waals surface area (Å²) in [6, 6.07) is 0. The maximum absolute atomic E-state index is 10.8.